The molecule has 2 aromatic rings. The van der Waals surface area contributed by atoms with E-state index in [9.17, 15) is 0 Å². The van der Waals surface area contributed by atoms with Crippen molar-refractivity contribution in [2.75, 3.05) is 32.9 Å². The van der Waals surface area contributed by atoms with Gasteiger partial charge in [-0.25, -0.2) is 4.98 Å². The number of hydrogen-bond donors (Lipinski definition) is 1. The second-order valence-electron chi connectivity index (χ2n) is 5.78. The molecule has 5 nitrogen and oxygen atoms in total. The first-order valence-electron chi connectivity index (χ1n) is 7.15. The van der Waals surface area contributed by atoms with Crippen molar-refractivity contribution in [2.45, 2.75) is 25.4 Å². The SMILES string of the molecule is CN1CCC(N(C)Cc2nc3cc(N)ccc3o2)CC1. The standard InChI is InChI=1S/C15H22N4O/c1-18-7-5-12(6-8-18)19(2)10-15-17-13-9-11(16)3-4-14(13)20-15/h3-4,9,12H,5-8,10,16H2,1-2H3. The molecule has 20 heavy (non-hydrogen) atoms. The number of rotatable bonds is 3. The van der Waals surface area contributed by atoms with Gasteiger partial charge in [-0.05, 0) is 58.2 Å². The first kappa shape index (κ1) is 13.4. The molecule has 108 valence electrons. The number of piperidine rings is 1. The number of nitrogens with zero attached hydrogens (tertiary/aromatic N) is 3. The zero-order valence-electron chi connectivity index (χ0n) is 12.2. The van der Waals surface area contributed by atoms with E-state index < -0.39 is 0 Å². The largest absolute Gasteiger partial charge is 0.439 e. The van der Waals surface area contributed by atoms with E-state index in [0.717, 1.165) is 29.2 Å². The predicted octanol–water partition coefficient (Wildman–Crippen LogP) is 1.94. The molecular formula is C15H22N4O. The summed E-state index contributed by atoms with van der Waals surface area (Å²) in [5.74, 6) is 0.770. The van der Waals surface area contributed by atoms with Crippen molar-refractivity contribution < 1.29 is 4.42 Å². The third-order valence-electron chi connectivity index (χ3n) is 4.15. The van der Waals surface area contributed by atoms with E-state index in [2.05, 4.69) is 28.9 Å². The van der Waals surface area contributed by atoms with Crippen molar-refractivity contribution in [3.05, 3.63) is 24.1 Å². The molecule has 0 bridgehead atoms. The Bertz CT molecular complexity index is 587. The third kappa shape index (κ3) is 2.78. The maximum Gasteiger partial charge on any atom is 0.209 e. The molecule has 1 aromatic carbocycles. The Morgan fingerprint density at radius 2 is 2.15 bits per heavy atom. The van der Waals surface area contributed by atoms with Gasteiger partial charge in [-0.2, -0.15) is 0 Å². The van der Waals surface area contributed by atoms with Crippen molar-refractivity contribution in [1.29, 1.82) is 0 Å². The summed E-state index contributed by atoms with van der Waals surface area (Å²) in [4.78, 5) is 9.25. The van der Waals surface area contributed by atoms with E-state index in [1.54, 1.807) is 0 Å². The third-order valence-corrected chi connectivity index (χ3v) is 4.15. The molecule has 0 spiro atoms. The summed E-state index contributed by atoms with van der Waals surface area (Å²) in [5.41, 5.74) is 8.15. The minimum atomic E-state index is 0.617. The average Bonchev–Trinajstić information content (AvgIpc) is 2.80. The lowest BCUT2D eigenvalue weighted by Crippen LogP contribution is -2.41. The second-order valence-corrected chi connectivity index (χ2v) is 5.78. The summed E-state index contributed by atoms with van der Waals surface area (Å²) < 4.78 is 5.79. The number of oxazole rings is 1. The van der Waals surface area contributed by atoms with Gasteiger partial charge in [0.25, 0.3) is 0 Å². The summed E-state index contributed by atoms with van der Waals surface area (Å²) in [5, 5.41) is 0. The second kappa shape index (κ2) is 5.42. The zero-order valence-corrected chi connectivity index (χ0v) is 12.2. The molecule has 3 rings (SSSR count). The highest BCUT2D eigenvalue weighted by atomic mass is 16.3. The number of nitrogens with two attached hydrogens (primary N) is 1. The van der Waals surface area contributed by atoms with Gasteiger partial charge in [0.15, 0.2) is 5.58 Å². The van der Waals surface area contributed by atoms with Crippen molar-refractivity contribution in [2.24, 2.45) is 0 Å². The number of aromatic nitrogens is 1. The van der Waals surface area contributed by atoms with Crippen molar-refractivity contribution in [1.82, 2.24) is 14.8 Å². The highest BCUT2D eigenvalue weighted by molar-refractivity contribution is 5.76. The van der Waals surface area contributed by atoms with Crippen LogP contribution in [0, 0.1) is 0 Å². The average molecular weight is 274 g/mol. The number of nitrogen functional groups attached to an aromatic ring is 1. The fourth-order valence-corrected chi connectivity index (χ4v) is 2.84. The Morgan fingerprint density at radius 1 is 1.40 bits per heavy atom. The van der Waals surface area contributed by atoms with Gasteiger partial charge in [0.1, 0.15) is 5.52 Å². The lowest BCUT2D eigenvalue weighted by atomic mass is 10.0. The van der Waals surface area contributed by atoms with E-state index >= 15 is 0 Å². The highest BCUT2D eigenvalue weighted by Crippen LogP contribution is 2.21. The van der Waals surface area contributed by atoms with Crippen LogP contribution in [0.4, 0.5) is 5.69 Å². The van der Waals surface area contributed by atoms with Crippen LogP contribution in [0.5, 0.6) is 0 Å². The van der Waals surface area contributed by atoms with Gasteiger partial charge in [0.05, 0.1) is 6.54 Å². The number of likely N-dealkylation sites (tertiary alicyclic amines) is 1. The molecular weight excluding hydrogens is 252 g/mol. The van der Waals surface area contributed by atoms with Crippen LogP contribution in [-0.4, -0.2) is 48.0 Å². The normalized spacial score (nSPS) is 18.1. The van der Waals surface area contributed by atoms with E-state index in [1.807, 2.05) is 18.2 Å². The maximum atomic E-state index is 5.79. The first-order chi connectivity index (χ1) is 9.61. The van der Waals surface area contributed by atoms with Crippen LogP contribution >= 0.6 is 0 Å². The van der Waals surface area contributed by atoms with Gasteiger partial charge in [-0.1, -0.05) is 0 Å². The topological polar surface area (TPSA) is 58.5 Å². The smallest absolute Gasteiger partial charge is 0.209 e. The van der Waals surface area contributed by atoms with Gasteiger partial charge in [-0.15, -0.1) is 0 Å². The molecule has 1 saturated heterocycles. The lowest BCUT2D eigenvalue weighted by Gasteiger charge is -2.34. The molecule has 1 aliphatic rings. The van der Waals surface area contributed by atoms with E-state index in [-0.39, 0.29) is 0 Å². The van der Waals surface area contributed by atoms with Crippen LogP contribution in [0.2, 0.25) is 0 Å². The van der Waals surface area contributed by atoms with E-state index in [0.29, 0.717) is 6.04 Å². The number of anilines is 1. The zero-order chi connectivity index (χ0) is 14.1. The van der Waals surface area contributed by atoms with Crippen LogP contribution < -0.4 is 5.73 Å². The van der Waals surface area contributed by atoms with E-state index in [4.69, 9.17) is 10.2 Å². The highest BCUT2D eigenvalue weighted by Gasteiger charge is 2.21. The Balaban J connectivity index is 1.69. The molecule has 1 aliphatic heterocycles. The van der Waals surface area contributed by atoms with Crippen molar-refractivity contribution in [3.8, 4) is 0 Å². The number of fused-ring (bicyclic) bond motifs is 1. The van der Waals surface area contributed by atoms with E-state index in [1.165, 1.54) is 25.9 Å². The fraction of sp³-hybridized carbons (Fsp3) is 0.533. The van der Waals surface area contributed by atoms with Crippen LogP contribution in [0.3, 0.4) is 0 Å². The van der Waals surface area contributed by atoms with Gasteiger partial charge in [0, 0.05) is 11.7 Å². The van der Waals surface area contributed by atoms with Gasteiger partial charge in [-0.3, -0.25) is 4.90 Å². The van der Waals surface area contributed by atoms with Crippen molar-refractivity contribution in [3.63, 3.8) is 0 Å². The molecule has 0 aliphatic carbocycles. The Morgan fingerprint density at radius 3 is 2.90 bits per heavy atom. The molecule has 0 amide bonds. The predicted molar refractivity (Wildman–Crippen MR) is 80.4 cm³/mol. The summed E-state index contributed by atoms with van der Waals surface area (Å²) in [6.45, 7) is 3.08. The van der Waals surface area contributed by atoms with Crippen molar-refractivity contribution >= 4 is 16.8 Å². The fourth-order valence-electron chi connectivity index (χ4n) is 2.84. The minimum absolute atomic E-state index is 0.617. The molecule has 2 heterocycles. The molecule has 2 N–H and O–H groups in total. The maximum absolute atomic E-state index is 5.79. The lowest BCUT2D eigenvalue weighted by molar-refractivity contribution is 0.131. The molecule has 1 fully saturated rings. The van der Waals surface area contributed by atoms with Crippen LogP contribution in [0.25, 0.3) is 11.1 Å². The number of benzene rings is 1. The summed E-state index contributed by atoms with van der Waals surface area (Å²) in [7, 11) is 4.33. The molecule has 0 saturated carbocycles. The van der Waals surface area contributed by atoms with Gasteiger partial charge < -0.3 is 15.1 Å². The molecule has 1 aromatic heterocycles. The minimum Gasteiger partial charge on any atom is -0.439 e. The first-order valence-corrected chi connectivity index (χ1v) is 7.15. The van der Waals surface area contributed by atoms with Crippen LogP contribution in [0.1, 0.15) is 18.7 Å². The molecule has 0 atom stereocenters. The quantitative estimate of drug-likeness (QED) is 0.867. The summed E-state index contributed by atoms with van der Waals surface area (Å²) in [6, 6.07) is 6.21. The molecule has 0 radical (unpaired) electrons. The van der Waals surface area contributed by atoms with Gasteiger partial charge >= 0.3 is 0 Å². The molecule has 0 unspecified atom stereocenters. The Hall–Kier alpha value is -1.59. The van der Waals surface area contributed by atoms with Crippen LogP contribution in [0.15, 0.2) is 22.6 Å². The summed E-state index contributed by atoms with van der Waals surface area (Å²) in [6.07, 6.45) is 2.42. The monoisotopic (exact) mass is 274 g/mol. The van der Waals surface area contributed by atoms with Crippen LogP contribution in [-0.2, 0) is 6.54 Å². The number of hydrogen-bond acceptors (Lipinski definition) is 5. The van der Waals surface area contributed by atoms with Gasteiger partial charge in [0.2, 0.25) is 5.89 Å². The Kier molecular flexibility index (Phi) is 3.63. The summed E-state index contributed by atoms with van der Waals surface area (Å²) >= 11 is 0. The Labute approximate surface area is 119 Å². The molecule has 5 heteroatoms.